The van der Waals surface area contributed by atoms with Crippen molar-refractivity contribution in [2.45, 2.75) is 33.2 Å². The van der Waals surface area contributed by atoms with Crippen LogP contribution in [0, 0.1) is 12.3 Å². The molecule has 1 aromatic heterocycles. The van der Waals surface area contributed by atoms with Gasteiger partial charge in [-0.05, 0) is 26.7 Å². The largest absolute Gasteiger partial charge is 0.481 e. The molecule has 6 nitrogen and oxygen atoms in total. The first-order chi connectivity index (χ1) is 9.42. The van der Waals surface area contributed by atoms with Crippen LogP contribution < -0.4 is 5.32 Å². The van der Waals surface area contributed by atoms with E-state index in [-0.39, 0.29) is 6.03 Å². The van der Waals surface area contributed by atoms with E-state index in [2.05, 4.69) is 10.3 Å². The van der Waals surface area contributed by atoms with Crippen molar-refractivity contribution in [3.05, 3.63) is 16.1 Å². The zero-order valence-electron chi connectivity index (χ0n) is 11.7. The lowest BCUT2D eigenvalue weighted by atomic mass is 9.80. The SMILES string of the molecule is Cc1ncsc1CNC(=O)N1CCC(C)(C(=O)O)CC1. The number of hydrogen-bond acceptors (Lipinski definition) is 4. The molecule has 2 rings (SSSR count). The minimum absolute atomic E-state index is 0.134. The molecule has 1 aromatic rings. The number of rotatable bonds is 3. The fourth-order valence-corrected chi connectivity index (χ4v) is 2.90. The fraction of sp³-hybridized carbons (Fsp3) is 0.615. The second kappa shape index (κ2) is 5.78. The van der Waals surface area contributed by atoms with Crippen molar-refractivity contribution in [2.24, 2.45) is 5.41 Å². The Morgan fingerprint density at radius 1 is 1.50 bits per heavy atom. The summed E-state index contributed by atoms with van der Waals surface area (Å²) in [5.74, 6) is -0.780. The van der Waals surface area contributed by atoms with Crippen LogP contribution in [-0.2, 0) is 11.3 Å². The molecule has 0 atom stereocenters. The van der Waals surface area contributed by atoms with E-state index in [9.17, 15) is 9.59 Å². The van der Waals surface area contributed by atoms with Crippen LogP contribution in [-0.4, -0.2) is 40.1 Å². The molecule has 2 N–H and O–H groups in total. The number of hydrogen-bond donors (Lipinski definition) is 2. The average molecular weight is 297 g/mol. The van der Waals surface area contributed by atoms with Crippen molar-refractivity contribution in [1.29, 1.82) is 0 Å². The number of nitrogens with zero attached hydrogens (tertiary/aromatic N) is 2. The van der Waals surface area contributed by atoms with E-state index in [0.717, 1.165) is 10.6 Å². The molecule has 1 fully saturated rings. The van der Waals surface area contributed by atoms with Crippen LogP contribution in [0.25, 0.3) is 0 Å². The highest BCUT2D eigenvalue weighted by molar-refractivity contribution is 7.09. The van der Waals surface area contributed by atoms with Gasteiger partial charge in [-0.2, -0.15) is 0 Å². The maximum Gasteiger partial charge on any atom is 0.317 e. The topological polar surface area (TPSA) is 82.5 Å². The summed E-state index contributed by atoms with van der Waals surface area (Å²) >= 11 is 1.52. The number of urea groups is 1. The number of carbonyl (C=O) groups is 2. The molecule has 0 aromatic carbocycles. The maximum atomic E-state index is 12.0. The lowest BCUT2D eigenvalue weighted by Crippen LogP contribution is -2.48. The summed E-state index contributed by atoms with van der Waals surface area (Å²) in [6.45, 7) is 5.09. The standard InChI is InChI=1S/C13H19N3O3S/c1-9-10(20-8-15-9)7-14-12(19)16-5-3-13(2,4-6-16)11(17)18/h8H,3-7H2,1-2H3,(H,14,19)(H,17,18). The van der Waals surface area contributed by atoms with Gasteiger partial charge in [0.1, 0.15) is 0 Å². The molecule has 0 saturated carbocycles. The summed E-state index contributed by atoms with van der Waals surface area (Å²) in [5.41, 5.74) is 1.99. The molecule has 2 heterocycles. The number of carboxylic acids is 1. The lowest BCUT2D eigenvalue weighted by Gasteiger charge is -2.36. The molecule has 2 amide bonds. The Morgan fingerprint density at radius 2 is 2.15 bits per heavy atom. The van der Waals surface area contributed by atoms with Crippen LogP contribution in [0.1, 0.15) is 30.3 Å². The Hall–Kier alpha value is -1.63. The van der Waals surface area contributed by atoms with Crippen molar-refractivity contribution in [1.82, 2.24) is 15.2 Å². The van der Waals surface area contributed by atoms with E-state index < -0.39 is 11.4 Å². The first-order valence-corrected chi connectivity index (χ1v) is 7.45. The number of nitrogens with one attached hydrogen (secondary N) is 1. The van der Waals surface area contributed by atoms with E-state index >= 15 is 0 Å². The van der Waals surface area contributed by atoms with Crippen LogP contribution in [0.15, 0.2) is 5.51 Å². The van der Waals surface area contributed by atoms with Crippen molar-refractivity contribution >= 4 is 23.3 Å². The minimum atomic E-state index is -0.780. The maximum absolute atomic E-state index is 12.0. The number of thiazole rings is 1. The predicted octanol–water partition coefficient (Wildman–Crippen LogP) is 1.85. The molecular weight excluding hydrogens is 278 g/mol. The number of piperidine rings is 1. The molecule has 110 valence electrons. The van der Waals surface area contributed by atoms with Gasteiger partial charge in [-0.25, -0.2) is 9.78 Å². The molecule has 7 heteroatoms. The highest BCUT2D eigenvalue weighted by atomic mass is 32.1. The molecule has 0 radical (unpaired) electrons. The van der Waals surface area contributed by atoms with Gasteiger partial charge < -0.3 is 15.3 Å². The van der Waals surface area contributed by atoms with E-state index in [1.165, 1.54) is 11.3 Å². The number of aromatic nitrogens is 1. The third-order valence-corrected chi connectivity index (χ3v) is 4.85. The van der Waals surface area contributed by atoms with Crippen LogP contribution in [0.4, 0.5) is 4.79 Å². The highest BCUT2D eigenvalue weighted by Crippen LogP contribution is 2.30. The number of amides is 2. The van der Waals surface area contributed by atoms with Gasteiger partial charge in [0.15, 0.2) is 0 Å². The van der Waals surface area contributed by atoms with Crippen LogP contribution in [0.5, 0.6) is 0 Å². The Kier molecular flexibility index (Phi) is 4.27. The minimum Gasteiger partial charge on any atom is -0.481 e. The van der Waals surface area contributed by atoms with Gasteiger partial charge in [-0.3, -0.25) is 4.79 Å². The Balaban J connectivity index is 1.83. The molecular formula is C13H19N3O3S. The second-order valence-corrected chi connectivity index (χ2v) is 6.31. The molecule has 20 heavy (non-hydrogen) atoms. The Bertz CT molecular complexity index is 507. The Morgan fingerprint density at radius 3 is 2.65 bits per heavy atom. The van der Waals surface area contributed by atoms with Gasteiger partial charge >= 0.3 is 12.0 Å². The molecule has 1 aliphatic heterocycles. The van der Waals surface area contributed by atoms with Gasteiger partial charge in [-0.15, -0.1) is 11.3 Å². The quantitative estimate of drug-likeness (QED) is 0.892. The first-order valence-electron chi connectivity index (χ1n) is 6.57. The van der Waals surface area contributed by atoms with Crippen LogP contribution in [0.3, 0.4) is 0 Å². The third-order valence-electron chi connectivity index (χ3n) is 3.92. The fourth-order valence-electron chi connectivity index (χ4n) is 2.18. The molecule has 0 unspecified atom stereocenters. The van der Waals surface area contributed by atoms with Gasteiger partial charge in [0.05, 0.1) is 23.2 Å². The number of carboxylic acid groups (broad SMARTS) is 1. The number of likely N-dealkylation sites (tertiary alicyclic amines) is 1. The van der Waals surface area contributed by atoms with E-state index in [4.69, 9.17) is 5.11 Å². The normalized spacial score (nSPS) is 17.8. The zero-order valence-corrected chi connectivity index (χ0v) is 12.5. The van der Waals surface area contributed by atoms with Gasteiger partial charge in [0.25, 0.3) is 0 Å². The summed E-state index contributed by atoms with van der Waals surface area (Å²) in [7, 11) is 0. The number of aliphatic carboxylic acids is 1. The summed E-state index contributed by atoms with van der Waals surface area (Å²) in [4.78, 5) is 30.0. The third kappa shape index (κ3) is 3.09. The first kappa shape index (κ1) is 14.8. The summed E-state index contributed by atoms with van der Waals surface area (Å²) in [5, 5.41) is 12.0. The van der Waals surface area contributed by atoms with Crippen molar-refractivity contribution in [2.75, 3.05) is 13.1 Å². The van der Waals surface area contributed by atoms with E-state index in [0.29, 0.717) is 32.5 Å². The molecule has 0 spiro atoms. The predicted molar refractivity (Wildman–Crippen MR) is 75.6 cm³/mol. The summed E-state index contributed by atoms with van der Waals surface area (Å²) in [6.07, 6.45) is 0.991. The second-order valence-electron chi connectivity index (χ2n) is 5.37. The molecule has 1 saturated heterocycles. The monoisotopic (exact) mass is 297 g/mol. The lowest BCUT2D eigenvalue weighted by molar-refractivity contribution is -0.150. The van der Waals surface area contributed by atoms with E-state index in [1.54, 1.807) is 17.3 Å². The van der Waals surface area contributed by atoms with Crippen LogP contribution in [0.2, 0.25) is 0 Å². The van der Waals surface area contributed by atoms with Gasteiger partial charge in [0, 0.05) is 18.0 Å². The number of carbonyl (C=O) groups excluding carboxylic acids is 1. The van der Waals surface area contributed by atoms with Crippen LogP contribution >= 0.6 is 11.3 Å². The van der Waals surface area contributed by atoms with E-state index in [1.807, 2.05) is 6.92 Å². The average Bonchev–Trinajstić information content (AvgIpc) is 2.82. The highest BCUT2D eigenvalue weighted by Gasteiger charge is 2.37. The van der Waals surface area contributed by atoms with Crippen molar-refractivity contribution < 1.29 is 14.7 Å². The smallest absolute Gasteiger partial charge is 0.317 e. The van der Waals surface area contributed by atoms with Gasteiger partial charge in [0.2, 0.25) is 0 Å². The zero-order chi connectivity index (χ0) is 14.8. The van der Waals surface area contributed by atoms with Crippen molar-refractivity contribution in [3.63, 3.8) is 0 Å². The Labute approximate surface area is 121 Å². The van der Waals surface area contributed by atoms with Crippen molar-refractivity contribution in [3.8, 4) is 0 Å². The molecule has 1 aliphatic rings. The summed E-state index contributed by atoms with van der Waals surface area (Å²) < 4.78 is 0. The molecule has 0 bridgehead atoms. The molecule has 0 aliphatic carbocycles. The van der Waals surface area contributed by atoms with Gasteiger partial charge in [-0.1, -0.05) is 0 Å². The summed E-state index contributed by atoms with van der Waals surface area (Å²) in [6, 6.07) is -0.134. The number of aryl methyl sites for hydroxylation is 1.